The Morgan fingerprint density at radius 1 is 1.27 bits per heavy atom. The van der Waals surface area contributed by atoms with Crippen molar-refractivity contribution in [2.75, 3.05) is 6.54 Å². The van der Waals surface area contributed by atoms with Crippen LogP contribution in [0.4, 0.5) is 0 Å². The second kappa shape index (κ2) is 9.75. The molecule has 0 aliphatic carbocycles. The summed E-state index contributed by atoms with van der Waals surface area (Å²) in [6.45, 7) is 0.679. The molecule has 0 saturated heterocycles. The Morgan fingerprint density at radius 3 is 2.96 bits per heavy atom. The van der Waals surface area contributed by atoms with Gasteiger partial charge in [-0.3, -0.25) is 9.78 Å². The van der Waals surface area contributed by atoms with Crippen molar-refractivity contribution in [1.82, 2.24) is 15.3 Å². The normalized spacial score (nSPS) is 11.1. The topological polar surface area (TPSA) is 54.9 Å². The molecule has 0 aliphatic rings. The van der Waals surface area contributed by atoms with Crippen molar-refractivity contribution < 1.29 is 4.79 Å². The number of carbonyl (C=O) groups excluding carboxylic acids is 1. The maximum Gasteiger partial charge on any atom is 0.244 e. The number of carbonyl (C=O) groups is 1. The van der Waals surface area contributed by atoms with Crippen molar-refractivity contribution in [3.8, 4) is 11.3 Å². The Bertz CT molecular complexity index is 874. The second-order valence-corrected chi connectivity index (χ2v) is 9.03. The molecule has 3 rings (SSSR count). The summed E-state index contributed by atoms with van der Waals surface area (Å²) in [5.74, 6) is -0.0531. The molecular weight excluding hydrogens is 430 g/mol. The average molecular weight is 448 g/mol. The molecule has 0 aliphatic heterocycles. The summed E-state index contributed by atoms with van der Waals surface area (Å²) in [6, 6.07) is 7.89. The Labute approximate surface area is 169 Å². The van der Waals surface area contributed by atoms with E-state index in [9.17, 15) is 4.79 Å². The van der Waals surface area contributed by atoms with Crippen LogP contribution in [0.2, 0.25) is 0 Å². The molecule has 0 unspecified atom stereocenters. The summed E-state index contributed by atoms with van der Waals surface area (Å²) >= 11 is 6.69. The molecule has 1 N–H and O–H groups in total. The predicted molar refractivity (Wildman–Crippen MR) is 112 cm³/mol. The first kappa shape index (κ1) is 18.9. The van der Waals surface area contributed by atoms with Gasteiger partial charge in [0.05, 0.1) is 14.5 Å². The minimum atomic E-state index is -0.0531. The monoisotopic (exact) mass is 447 g/mol. The van der Waals surface area contributed by atoms with Gasteiger partial charge in [0.1, 0.15) is 0 Å². The fourth-order valence-corrected chi connectivity index (χ4v) is 4.50. The maximum absolute atomic E-state index is 11.8. The number of nitrogens with zero attached hydrogens (tertiary/aromatic N) is 2. The second-order valence-electron chi connectivity index (χ2n) is 5.59. The van der Waals surface area contributed by atoms with Crippen LogP contribution in [0, 0.1) is 0 Å². The van der Waals surface area contributed by atoms with Crippen LogP contribution in [0.3, 0.4) is 0 Å². The number of halogens is 1. The first-order valence-corrected chi connectivity index (χ1v) is 10.8. The van der Waals surface area contributed by atoms with Gasteiger partial charge in [-0.25, -0.2) is 4.98 Å². The van der Waals surface area contributed by atoms with Gasteiger partial charge in [0.2, 0.25) is 5.91 Å². The van der Waals surface area contributed by atoms with Gasteiger partial charge in [-0.15, -0.1) is 22.7 Å². The van der Waals surface area contributed by atoms with Gasteiger partial charge in [-0.2, -0.15) is 0 Å². The molecular formula is C19H18BrN3OS2. The van der Waals surface area contributed by atoms with Crippen LogP contribution in [-0.4, -0.2) is 22.4 Å². The molecule has 0 fully saturated rings. The first-order chi connectivity index (χ1) is 12.7. The number of nitrogens with one attached hydrogen (secondary N) is 1. The highest BCUT2D eigenvalue weighted by Gasteiger charge is 2.04. The lowest BCUT2D eigenvalue weighted by atomic mass is 10.2. The van der Waals surface area contributed by atoms with E-state index in [4.69, 9.17) is 0 Å². The molecule has 3 aromatic rings. The maximum atomic E-state index is 11.8. The molecule has 0 radical (unpaired) electrons. The molecule has 0 saturated carbocycles. The summed E-state index contributed by atoms with van der Waals surface area (Å²) in [7, 11) is 0. The fraction of sp³-hybridized carbons (Fsp3) is 0.211. The number of unbranched alkanes of at least 4 members (excludes halogenated alkanes) is 1. The number of thiophene rings is 1. The molecule has 0 atom stereocenters. The minimum Gasteiger partial charge on any atom is -0.353 e. The zero-order valence-electron chi connectivity index (χ0n) is 14.0. The standard InChI is InChI=1S/C19H18BrN3OS2/c20-17-8-6-15(26-17)7-9-18(24)22-11-2-1-5-19-23-16(13-25-19)14-4-3-10-21-12-14/h3-4,6-10,12-13H,1-2,5,11H2,(H,22,24)/b9-7-. The van der Waals surface area contributed by atoms with Crippen molar-refractivity contribution in [1.29, 1.82) is 0 Å². The summed E-state index contributed by atoms with van der Waals surface area (Å²) in [6.07, 6.45) is 9.88. The Balaban J connectivity index is 1.35. The van der Waals surface area contributed by atoms with Crippen LogP contribution in [0.5, 0.6) is 0 Å². The van der Waals surface area contributed by atoms with Crippen LogP contribution in [-0.2, 0) is 11.2 Å². The highest BCUT2D eigenvalue weighted by molar-refractivity contribution is 9.11. The lowest BCUT2D eigenvalue weighted by Gasteiger charge is -2.01. The Hall–Kier alpha value is -1.83. The van der Waals surface area contributed by atoms with Gasteiger partial charge in [0, 0.05) is 40.8 Å². The molecule has 0 bridgehead atoms. The SMILES string of the molecule is O=C(/C=C\c1ccc(Br)s1)NCCCCc1nc(-c2cccnc2)cs1. The number of pyridine rings is 1. The van der Waals surface area contributed by atoms with E-state index in [-0.39, 0.29) is 5.91 Å². The van der Waals surface area contributed by atoms with Crippen molar-refractivity contribution in [2.24, 2.45) is 0 Å². The van der Waals surface area contributed by atoms with E-state index < -0.39 is 0 Å². The average Bonchev–Trinajstić information content (AvgIpc) is 3.29. The number of hydrogen-bond donors (Lipinski definition) is 1. The van der Waals surface area contributed by atoms with E-state index in [1.165, 1.54) is 0 Å². The zero-order chi connectivity index (χ0) is 18.2. The van der Waals surface area contributed by atoms with Crippen LogP contribution in [0.15, 0.2) is 51.9 Å². The van der Waals surface area contributed by atoms with E-state index in [1.54, 1.807) is 34.9 Å². The lowest BCUT2D eigenvalue weighted by Crippen LogP contribution is -2.22. The van der Waals surface area contributed by atoms with E-state index in [0.29, 0.717) is 6.54 Å². The summed E-state index contributed by atoms with van der Waals surface area (Å²) < 4.78 is 1.06. The summed E-state index contributed by atoms with van der Waals surface area (Å²) in [5, 5.41) is 6.11. The molecule has 3 heterocycles. The van der Waals surface area contributed by atoms with Gasteiger partial charge in [0.15, 0.2) is 0 Å². The number of rotatable bonds is 8. The minimum absolute atomic E-state index is 0.0531. The first-order valence-electron chi connectivity index (χ1n) is 8.27. The number of thiazole rings is 1. The quantitative estimate of drug-likeness (QED) is 0.382. The van der Waals surface area contributed by atoms with Gasteiger partial charge < -0.3 is 5.32 Å². The van der Waals surface area contributed by atoms with E-state index in [2.05, 4.69) is 36.6 Å². The Morgan fingerprint density at radius 2 is 2.19 bits per heavy atom. The highest BCUT2D eigenvalue weighted by Crippen LogP contribution is 2.23. The van der Waals surface area contributed by atoms with Crippen LogP contribution < -0.4 is 5.32 Å². The van der Waals surface area contributed by atoms with Gasteiger partial charge in [-0.05, 0) is 65.5 Å². The van der Waals surface area contributed by atoms with Gasteiger partial charge in [-0.1, -0.05) is 0 Å². The molecule has 7 heteroatoms. The van der Waals surface area contributed by atoms with Crippen LogP contribution in [0.25, 0.3) is 17.3 Å². The molecule has 134 valence electrons. The largest absolute Gasteiger partial charge is 0.353 e. The molecule has 1 amide bonds. The van der Waals surface area contributed by atoms with Crippen molar-refractivity contribution >= 4 is 50.6 Å². The lowest BCUT2D eigenvalue weighted by molar-refractivity contribution is -0.116. The van der Waals surface area contributed by atoms with E-state index in [1.807, 2.05) is 36.5 Å². The molecule has 0 spiro atoms. The molecule has 3 aromatic heterocycles. The summed E-state index contributed by atoms with van der Waals surface area (Å²) in [4.78, 5) is 21.6. The number of aromatic nitrogens is 2. The van der Waals surface area contributed by atoms with Gasteiger partial charge in [0.25, 0.3) is 0 Å². The van der Waals surface area contributed by atoms with E-state index in [0.717, 1.165) is 44.2 Å². The third-order valence-corrected chi connectivity index (χ3v) is 6.12. The zero-order valence-corrected chi connectivity index (χ0v) is 17.2. The molecule has 0 aromatic carbocycles. The Kier molecular flexibility index (Phi) is 7.11. The fourth-order valence-electron chi connectivity index (χ4n) is 2.32. The van der Waals surface area contributed by atoms with Crippen molar-refractivity contribution in [2.45, 2.75) is 19.3 Å². The molecule has 26 heavy (non-hydrogen) atoms. The smallest absolute Gasteiger partial charge is 0.244 e. The van der Waals surface area contributed by atoms with Crippen molar-refractivity contribution in [3.05, 3.63) is 61.8 Å². The highest BCUT2D eigenvalue weighted by atomic mass is 79.9. The third-order valence-electron chi connectivity index (χ3n) is 3.62. The molecule has 4 nitrogen and oxygen atoms in total. The summed E-state index contributed by atoms with van der Waals surface area (Å²) in [5.41, 5.74) is 2.03. The van der Waals surface area contributed by atoms with Crippen LogP contribution >= 0.6 is 38.6 Å². The van der Waals surface area contributed by atoms with E-state index >= 15 is 0 Å². The van der Waals surface area contributed by atoms with Crippen LogP contribution in [0.1, 0.15) is 22.7 Å². The number of hydrogen-bond acceptors (Lipinski definition) is 5. The van der Waals surface area contributed by atoms with Crippen molar-refractivity contribution in [3.63, 3.8) is 0 Å². The number of amides is 1. The van der Waals surface area contributed by atoms with Gasteiger partial charge >= 0.3 is 0 Å². The predicted octanol–water partition coefficient (Wildman–Crippen LogP) is 5.18. The third kappa shape index (κ3) is 5.86. The number of aryl methyl sites for hydroxylation is 1.